The molecule has 0 atom stereocenters. The van der Waals surface area contributed by atoms with E-state index < -0.39 is 0 Å². The van der Waals surface area contributed by atoms with Gasteiger partial charge in [0.2, 0.25) is 0 Å². The van der Waals surface area contributed by atoms with Crippen LogP contribution in [0.25, 0.3) is 112 Å². The Morgan fingerprint density at radius 2 is 0.485 bits per heavy atom. The van der Waals surface area contributed by atoms with E-state index in [1.165, 1.54) is 0 Å². The van der Waals surface area contributed by atoms with Gasteiger partial charge in [-0.1, -0.05) is 206 Å². The van der Waals surface area contributed by atoms with Gasteiger partial charge in [-0.15, -0.1) is 0 Å². The molecule has 11 aromatic rings. The molecule has 0 amide bonds. The van der Waals surface area contributed by atoms with Crippen LogP contribution in [0, 0.1) is 0 Å². The maximum atomic E-state index is 5.25. The number of rotatable bonds is 10. The Bertz CT molecular complexity index is 3280. The van der Waals surface area contributed by atoms with Gasteiger partial charge in [0.15, 0.2) is 5.82 Å². The minimum absolute atomic E-state index is 0.692. The molecule has 5 heteroatoms. The maximum Gasteiger partial charge on any atom is 0.160 e. The lowest BCUT2D eigenvalue weighted by atomic mass is 9.99. The fourth-order valence-corrected chi connectivity index (χ4v) is 8.28. The monoisotopic (exact) mass is 843 g/mol. The molecule has 7 aromatic carbocycles. The topological polar surface area (TPSA) is 64.5 Å². The summed E-state index contributed by atoms with van der Waals surface area (Å²) in [5.41, 5.74) is 18.6. The first-order chi connectivity index (χ1) is 32.7. The summed E-state index contributed by atoms with van der Waals surface area (Å²) in [7, 11) is 0. The van der Waals surface area contributed by atoms with Crippen LogP contribution in [0.5, 0.6) is 0 Å². The standard InChI is InChI=1S/C61H41N5/c1-6-16-42(17-7-1)52-36-55(47-20-10-3-11-21-47)63-59(38-52)60-39-53(43-18-8-2-9-19-43)37-58(64-60)54-35-34-51(41-62-54)46-28-26-44(27-29-46)45-30-32-50(33-31-45)61-65-56(48-22-12-4-13-23-48)40-57(66-61)49-24-14-5-15-25-49/h1-41H. The molecule has 4 aromatic heterocycles. The molecule has 0 fully saturated rings. The highest BCUT2D eigenvalue weighted by atomic mass is 14.9. The molecule has 0 N–H and O–H groups in total. The lowest BCUT2D eigenvalue weighted by Crippen LogP contribution is -1.96. The lowest BCUT2D eigenvalue weighted by Gasteiger charge is -2.13. The smallest absolute Gasteiger partial charge is 0.160 e. The van der Waals surface area contributed by atoms with Gasteiger partial charge in [0.1, 0.15) is 0 Å². The molecule has 0 unspecified atom stereocenters. The van der Waals surface area contributed by atoms with E-state index >= 15 is 0 Å². The van der Waals surface area contributed by atoms with Gasteiger partial charge in [0, 0.05) is 34.0 Å². The van der Waals surface area contributed by atoms with E-state index in [1.54, 1.807) is 0 Å². The van der Waals surface area contributed by atoms with Crippen molar-refractivity contribution < 1.29 is 0 Å². The molecule has 4 heterocycles. The SMILES string of the molecule is c1ccc(-c2cc(-c3ccccc3)nc(-c3cc(-c4ccccc4)cc(-c4ccc(-c5ccc(-c6ccc(-c7nc(-c8ccccc8)cc(-c8ccccc8)n7)cc6)cc5)cn4)n3)c2)cc1. The molecule has 0 radical (unpaired) electrons. The molecule has 0 spiro atoms. The van der Waals surface area contributed by atoms with Crippen molar-refractivity contribution >= 4 is 0 Å². The number of hydrogen-bond donors (Lipinski definition) is 0. The van der Waals surface area contributed by atoms with Crippen LogP contribution in [0.3, 0.4) is 0 Å². The summed E-state index contributed by atoms with van der Waals surface area (Å²) in [4.78, 5) is 25.5. The van der Waals surface area contributed by atoms with Gasteiger partial charge in [-0.05, 0) is 75.3 Å². The number of nitrogens with zero attached hydrogens (tertiary/aromatic N) is 5. The molecular weight excluding hydrogens is 803 g/mol. The van der Waals surface area contributed by atoms with Crippen molar-refractivity contribution in [2.45, 2.75) is 0 Å². The Labute approximate surface area is 384 Å². The zero-order valence-electron chi connectivity index (χ0n) is 35.9. The van der Waals surface area contributed by atoms with Crippen LogP contribution >= 0.6 is 0 Å². The zero-order chi connectivity index (χ0) is 44.1. The molecule has 0 bridgehead atoms. The highest BCUT2D eigenvalue weighted by Crippen LogP contribution is 2.35. The second-order valence-corrected chi connectivity index (χ2v) is 16.1. The van der Waals surface area contributed by atoms with Gasteiger partial charge in [0.05, 0.1) is 39.9 Å². The van der Waals surface area contributed by atoms with Gasteiger partial charge in [0.25, 0.3) is 0 Å². The van der Waals surface area contributed by atoms with Crippen molar-refractivity contribution in [2.24, 2.45) is 0 Å². The molecule has 0 aliphatic rings. The van der Waals surface area contributed by atoms with E-state index in [2.05, 4.69) is 176 Å². The highest BCUT2D eigenvalue weighted by molar-refractivity contribution is 5.81. The predicted molar refractivity (Wildman–Crippen MR) is 270 cm³/mol. The summed E-state index contributed by atoms with van der Waals surface area (Å²) in [6.07, 6.45) is 1.94. The average Bonchev–Trinajstić information content (AvgIpc) is 3.42. The molecule has 0 saturated carbocycles. The third kappa shape index (κ3) is 8.57. The Kier molecular flexibility index (Phi) is 10.9. The van der Waals surface area contributed by atoms with E-state index in [4.69, 9.17) is 24.9 Å². The van der Waals surface area contributed by atoms with Crippen LogP contribution in [-0.2, 0) is 0 Å². The minimum atomic E-state index is 0.692. The summed E-state index contributed by atoms with van der Waals surface area (Å²) >= 11 is 0. The summed E-state index contributed by atoms with van der Waals surface area (Å²) in [6.45, 7) is 0. The largest absolute Gasteiger partial charge is 0.254 e. The minimum Gasteiger partial charge on any atom is -0.254 e. The molecule has 310 valence electrons. The second-order valence-electron chi connectivity index (χ2n) is 16.1. The Morgan fingerprint density at radius 3 is 0.894 bits per heavy atom. The molecular formula is C61H41N5. The number of aromatic nitrogens is 5. The van der Waals surface area contributed by atoms with Crippen molar-refractivity contribution in [2.75, 3.05) is 0 Å². The van der Waals surface area contributed by atoms with Crippen LogP contribution in [0.4, 0.5) is 0 Å². The van der Waals surface area contributed by atoms with Crippen molar-refractivity contribution in [1.82, 2.24) is 24.9 Å². The van der Waals surface area contributed by atoms with Crippen molar-refractivity contribution in [1.29, 1.82) is 0 Å². The molecule has 0 aliphatic carbocycles. The molecule has 0 saturated heterocycles. The summed E-state index contributed by atoms with van der Waals surface area (Å²) < 4.78 is 0. The second kappa shape index (κ2) is 18.0. The van der Waals surface area contributed by atoms with Crippen LogP contribution in [0.1, 0.15) is 0 Å². The van der Waals surface area contributed by atoms with Gasteiger partial charge in [-0.25, -0.2) is 19.9 Å². The first-order valence-electron chi connectivity index (χ1n) is 22.1. The first-order valence-corrected chi connectivity index (χ1v) is 22.1. The number of pyridine rings is 3. The van der Waals surface area contributed by atoms with Crippen LogP contribution < -0.4 is 0 Å². The van der Waals surface area contributed by atoms with Crippen molar-refractivity contribution in [3.8, 4) is 112 Å². The average molecular weight is 844 g/mol. The summed E-state index contributed by atoms with van der Waals surface area (Å²) in [5.74, 6) is 0.692. The van der Waals surface area contributed by atoms with Gasteiger partial charge >= 0.3 is 0 Å². The van der Waals surface area contributed by atoms with Gasteiger partial charge in [-0.2, -0.15) is 0 Å². The Balaban J connectivity index is 0.883. The number of hydrogen-bond acceptors (Lipinski definition) is 5. The summed E-state index contributed by atoms with van der Waals surface area (Å²) in [5, 5.41) is 0. The maximum absolute atomic E-state index is 5.25. The third-order valence-electron chi connectivity index (χ3n) is 11.8. The molecule has 5 nitrogen and oxygen atoms in total. The quantitative estimate of drug-likeness (QED) is 0.137. The molecule has 11 rings (SSSR count). The van der Waals surface area contributed by atoms with E-state index in [1.807, 2.05) is 72.9 Å². The van der Waals surface area contributed by atoms with Crippen LogP contribution in [0.2, 0.25) is 0 Å². The van der Waals surface area contributed by atoms with Gasteiger partial charge < -0.3 is 0 Å². The fraction of sp³-hybridized carbons (Fsp3) is 0. The fourth-order valence-electron chi connectivity index (χ4n) is 8.28. The first kappa shape index (κ1) is 39.9. The van der Waals surface area contributed by atoms with Gasteiger partial charge in [-0.3, -0.25) is 4.98 Å². The highest BCUT2D eigenvalue weighted by Gasteiger charge is 2.16. The summed E-state index contributed by atoms with van der Waals surface area (Å²) in [6, 6.07) is 83.6. The van der Waals surface area contributed by atoms with E-state index in [0.717, 1.165) is 107 Å². The van der Waals surface area contributed by atoms with Crippen molar-refractivity contribution in [3.05, 3.63) is 249 Å². The van der Waals surface area contributed by atoms with Crippen molar-refractivity contribution in [3.63, 3.8) is 0 Å². The van der Waals surface area contributed by atoms with Crippen LogP contribution in [-0.4, -0.2) is 24.9 Å². The third-order valence-corrected chi connectivity index (χ3v) is 11.8. The molecule has 0 aliphatic heterocycles. The van der Waals surface area contributed by atoms with E-state index in [-0.39, 0.29) is 0 Å². The predicted octanol–water partition coefficient (Wildman–Crippen LogP) is 15.3. The van der Waals surface area contributed by atoms with E-state index in [9.17, 15) is 0 Å². The number of benzene rings is 7. The molecule has 66 heavy (non-hydrogen) atoms. The van der Waals surface area contributed by atoms with E-state index in [0.29, 0.717) is 5.82 Å². The zero-order valence-corrected chi connectivity index (χ0v) is 35.9. The Morgan fingerprint density at radius 1 is 0.182 bits per heavy atom. The normalized spacial score (nSPS) is 11.0. The Hall–Kier alpha value is -8.93. The van der Waals surface area contributed by atoms with Crippen LogP contribution in [0.15, 0.2) is 249 Å². The lowest BCUT2D eigenvalue weighted by molar-refractivity contribution is 1.18.